The molecule has 0 bridgehead atoms. The standard InChI is InChI=1S/C26H37Br2N/c1-2-3-4-5-6-7-8-9-14-22(19-23-15-10-12-17-25(23)27)20-29-21-24-16-11-13-18-26(24)28/h10-13,15-18,22,29H,2-9,14,19-21H2,1H3. The summed E-state index contributed by atoms with van der Waals surface area (Å²) in [6.45, 7) is 4.28. The number of hydrogen-bond donors (Lipinski definition) is 1. The normalized spacial score (nSPS) is 12.2. The Morgan fingerprint density at radius 3 is 1.90 bits per heavy atom. The molecule has 0 aliphatic carbocycles. The van der Waals surface area contributed by atoms with Crippen LogP contribution < -0.4 is 5.32 Å². The first-order chi connectivity index (χ1) is 14.2. The minimum Gasteiger partial charge on any atom is -0.312 e. The van der Waals surface area contributed by atoms with Crippen LogP contribution >= 0.6 is 31.9 Å². The second-order valence-electron chi connectivity index (χ2n) is 8.15. The van der Waals surface area contributed by atoms with Crippen molar-refractivity contribution in [2.24, 2.45) is 5.92 Å². The van der Waals surface area contributed by atoms with Gasteiger partial charge in [-0.05, 0) is 48.6 Å². The van der Waals surface area contributed by atoms with Crippen molar-refractivity contribution < 1.29 is 0 Å². The predicted molar refractivity (Wildman–Crippen MR) is 134 cm³/mol. The van der Waals surface area contributed by atoms with E-state index in [2.05, 4.69) is 92.6 Å². The molecule has 3 heteroatoms. The Balaban J connectivity index is 1.78. The van der Waals surface area contributed by atoms with Gasteiger partial charge in [0.2, 0.25) is 0 Å². The first kappa shape index (κ1) is 24.6. The second-order valence-corrected chi connectivity index (χ2v) is 9.86. The number of benzene rings is 2. The fourth-order valence-corrected chi connectivity index (χ4v) is 4.74. The third kappa shape index (κ3) is 10.3. The molecule has 2 rings (SSSR count). The van der Waals surface area contributed by atoms with E-state index in [0.29, 0.717) is 5.92 Å². The van der Waals surface area contributed by atoms with Gasteiger partial charge in [-0.3, -0.25) is 0 Å². The third-order valence-corrected chi connectivity index (χ3v) is 7.19. The zero-order valence-electron chi connectivity index (χ0n) is 17.9. The Hall–Kier alpha value is -0.640. The molecule has 29 heavy (non-hydrogen) atoms. The minimum atomic E-state index is 0.677. The highest BCUT2D eigenvalue weighted by atomic mass is 79.9. The Morgan fingerprint density at radius 1 is 0.724 bits per heavy atom. The molecule has 2 aromatic carbocycles. The Morgan fingerprint density at radius 2 is 1.28 bits per heavy atom. The summed E-state index contributed by atoms with van der Waals surface area (Å²) in [5, 5.41) is 3.71. The molecular weight excluding hydrogens is 486 g/mol. The molecule has 0 aromatic heterocycles. The van der Waals surface area contributed by atoms with Gasteiger partial charge in [-0.1, -0.05) is 127 Å². The van der Waals surface area contributed by atoms with Crippen LogP contribution in [-0.2, 0) is 13.0 Å². The molecule has 0 radical (unpaired) electrons. The fraction of sp³-hybridized carbons (Fsp3) is 0.538. The van der Waals surface area contributed by atoms with Crippen LogP contribution in [0.4, 0.5) is 0 Å². The molecule has 1 atom stereocenters. The summed E-state index contributed by atoms with van der Waals surface area (Å²) >= 11 is 7.40. The van der Waals surface area contributed by atoms with E-state index in [1.54, 1.807) is 0 Å². The Bertz CT molecular complexity index is 686. The van der Waals surface area contributed by atoms with E-state index in [-0.39, 0.29) is 0 Å². The molecule has 0 saturated heterocycles. The van der Waals surface area contributed by atoms with Crippen LogP contribution in [0.25, 0.3) is 0 Å². The summed E-state index contributed by atoms with van der Waals surface area (Å²) in [5.74, 6) is 0.677. The summed E-state index contributed by atoms with van der Waals surface area (Å²) in [5.41, 5.74) is 2.76. The molecular formula is C26H37Br2N. The molecule has 2 aromatic rings. The maximum Gasteiger partial charge on any atom is 0.0220 e. The van der Waals surface area contributed by atoms with Crippen molar-refractivity contribution in [3.8, 4) is 0 Å². The summed E-state index contributed by atoms with van der Waals surface area (Å²) in [4.78, 5) is 0. The lowest BCUT2D eigenvalue weighted by Crippen LogP contribution is -2.24. The van der Waals surface area contributed by atoms with Gasteiger partial charge in [-0.15, -0.1) is 0 Å². The number of unbranched alkanes of at least 4 members (excludes halogenated alkanes) is 7. The zero-order valence-corrected chi connectivity index (χ0v) is 21.1. The van der Waals surface area contributed by atoms with Crippen LogP contribution in [0.1, 0.15) is 75.8 Å². The molecule has 1 nitrogen and oxygen atoms in total. The molecule has 0 spiro atoms. The highest BCUT2D eigenvalue weighted by Crippen LogP contribution is 2.23. The van der Waals surface area contributed by atoms with Gasteiger partial charge in [0.25, 0.3) is 0 Å². The molecule has 0 saturated carbocycles. The molecule has 0 aliphatic heterocycles. The molecule has 0 amide bonds. The molecule has 1 N–H and O–H groups in total. The molecule has 0 fully saturated rings. The van der Waals surface area contributed by atoms with Gasteiger partial charge >= 0.3 is 0 Å². The molecule has 160 valence electrons. The van der Waals surface area contributed by atoms with Gasteiger partial charge in [-0.25, -0.2) is 0 Å². The third-order valence-electron chi connectivity index (χ3n) is 5.64. The average molecular weight is 523 g/mol. The van der Waals surface area contributed by atoms with E-state index in [0.717, 1.165) is 19.5 Å². The lowest BCUT2D eigenvalue weighted by Gasteiger charge is -2.19. The Kier molecular flexibility index (Phi) is 12.9. The van der Waals surface area contributed by atoms with Gasteiger partial charge < -0.3 is 5.32 Å². The monoisotopic (exact) mass is 521 g/mol. The minimum absolute atomic E-state index is 0.677. The quantitative estimate of drug-likeness (QED) is 0.230. The number of halogens is 2. The van der Waals surface area contributed by atoms with Gasteiger partial charge in [0.05, 0.1) is 0 Å². The fourth-order valence-electron chi connectivity index (χ4n) is 3.87. The highest BCUT2D eigenvalue weighted by molar-refractivity contribution is 9.10. The van der Waals surface area contributed by atoms with Gasteiger partial charge in [0.1, 0.15) is 0 Å². The van der Waals surface area contributed by atoms with Crippen LogP contribution in [0.5, 0.6) is 0 Å². The van der Waals surface area contributed by atoms with Crippen LogP contribution in [0.15, 0.2) is 57.5 Å². The predicted octanol–water partition coefficient (Wildman–Crippen LogP) is 8.69. The van der Waals surface area contributed by atoms with Gasteiger partial charge in [-0.2, -0.15) is 0 Å². The lowest BCUT2D eigenvalue weighted by atomic mass is 9.93. The van der Waals surface area contributed by atoms with E-state index in [4.69, 9.17) is 0 Å². The van der Waals surface area contributed by atoms with Crippen molar-refractivity contribution in [1.29, 1.82) is 0 Å². The molecule has 1 unspecified atom stereocenters. The van der Waals surface area contributed by atoms with Crippen LogP contribution in [0.2, 0.25) is 0 Å². The van der Waals surface area contributed by atoms with Crippen LogP contribution in [0, 0.1) is 5.92 Å². The summed E-state index contributed by atoms with van der Waals surface area (Å²) in [6, 6.07) is 17.2. The first-order valence-corrected chi connectivity index (χ1v) is 13.0. The SMILES string of the molecule is CCCCCCCCCCC(CNCc1ccccc1Br)Cc1ccccc1Br. The van der Waals surface area contributed by atoms with E-state index >= 15 is 0 Å². The first-order valence-electron chi connectivity index (χ1n) is 11.4. The highest BCUT2D eigenvalue weighted by Gasteiger charge is 2.12. The number of hydrogen-bond acceptors (Lipinski definition) is 1. The smallest absolute Gasteiger partial charge is 0.0220 e. The van der Waals surface area contributed by atoms with Crippen molar-refractivity contribution in [2.45, 2.75) is 77.7 Å². The van der Waals surface area contributed by atoms with Crippen LogP contribution in [-0.4, -0.2) is 6.54 Å². The van der Waals surface area contributed by atoms with Crippen molar-refractivity contribution >= 4 is 31.9 Å². The molecule has 0 aliphatic rings. The second kappa shape index (κ2) is 15.2. The van der Waals surface area contributed by atoms with Crippen LogP contribution in [0.3, 0.4) is 0 Å². The molecule has 0 heterocycles. The van der Waals surface area contributed by atoms with Crippen molar-refractivity contribution in [3.05, 3.63) is 68.6 Å². The van der Waals surface area contributed by atoms with E-state index in [9.17, 15) is 0 Å². The topological polar surface area (TPSA) is 12.0 Å². The van der Waals surface area contributed by atoms with Gasteiger partial charge in [0, 0.05) is 15.5 Å². The number of nitrogens with one attached hydrogen (secondary N) is 1. The maximum absolute atomic E-state index is 3.74. The Labute approximate surface area is 195 Å². The van der Waals surface area contributed by atoms with E-state index in [1.165, 1.54) is 77.9 Å². The zero-order chi connectivity index (χ0) is 20.7. The average Bonchev–Trinajstić information content (AvgIpc) is 2.72. The number of rotatable bonds is 15. The summed E-state index contributed by atoms with van der Waals surface area (Å²) in [6.07, 6.45) is 13.6. The summed E-state index contributed by atoms with van der Waals surface area (Å²) < 4.78 is 2.43. The largest absolute Gasteiger partial charge is 0.312 e. The maximum atomic E-state index is 3.74. The van der Waals surface area contributed by atoms with E-state index in [1.807, 2.05) is 0 Å². The van der Waals surface area contributed by atoms with Gasteiger partial charge in [0.15, 0.2) is 0 Å². The van der Waals surface area contributed by atoms with Crippen molar-refractivity contribution in [3.63, 3.8) is 0 Å². The lowest BCUT2D eigenvalue weighted by molar-refractivity contribution is 0.417. The van der Waals surface area contributed by atoms with Crippen molar-refractivity contribution in [1.82, 2.24) is 5.32 Å². The van der Waals surface area contributed by atoms with E-state index < -0.39 is 0 Å². The summed E-state index contributed by atoms with van der Waals surface area (Å²) in [7, 11) is 0. The van der Waals surface area contributed by atoms with Crippen molar-refractivity contribution in [2.75, 3.05) is 6.54 Å².